The summed E-state index contributed by atoms with van der Waals surface area (Å²) in [5.41, 5.74) is 0. The van der Waals surface area contributed by atoms with Crippen LogP contribution in [0.2, 0.25) is 0 Å². The third-order valence-electron chi connectivity index (χ3n) is 3.88. The molecule has 1 saturated heterocycles. The van der Waals surface area contributed by atoms with Gasteiger partial charge in [0.1, 0.15) is 0 Å². The molecule has 100 valence electrons. The molecular weight excluding hydrogens is 214 g/mol. The lowest BCUT2D eigenvalue weighted by Crippen LogP contribution is -2.31. The monoisotopic (exact) mass is 241 g/mol. The van der Waals surface area contributed by atoms with Crippen molar-refractivity contribution >= 4 is 0 Å². The zero-order valence-corrected chi connectivity index (χ0v) is 11.1. The van der Waals surface area contributed by atoms with Gasteiger partial charge in [-0.3, -0.25) is 0 Å². The number of nitrogens with one attached hydrogen (secondary N) is 1. The standard InChI is InChI=1S/C14H27NO2/c1-12-7-8-14(17-12)11-15-9-10-16-13-5-3-2-4-6-13/h12-15H,2-11H2,1H3. The summed E-state index contributed by atoms with van der Waals surface area (Å²) in [4.78, 5) is 0. The Kier molecular flexibility index (Phi) is 5.75. The van der Waals surface area contributed by atoms with Crippen molar-refractivity contribution in [3.8, 4) is 0 Å². The summed E-state index contributed by atoms with van der Waals surface area (Å²) in [6, 6.07) is 0. The predicted molar refractivity (Wildman–Crippen MR) is 69.3 cm³/mol. The molecule has 0 amide bonds. The normalized spacial score (nSPS) is 30.9. The fraction of sp³-hybridized carbons (Fsp3) is 1.00. The van der Waals surface area contributed by atoms with Crippen molar-refractivity contribution in [2.75, 3.05) is 19.7 Å². The van der Waals surface area contributed by atoms with Crippen LogP contribution in [-0.4, -0.2) is 38.0 Å². The van der Waals surface area contributed by atoms with Crippen LogP contribution in [0.1, 0.15) is 51.9 Å². The smallest absolute Gasteiger partial charge is 0.0704 e. The topological polar surface area (TPSA) is 30.5 Å². The first-order valence-corrected chi connectivity index (χ1v) is 7.32. The Hall–Kier alpha value is -0.120. The lowest BCUT2D eigenvalue weighted by atomic mass is 9.98. The maximum absolute atomic E-state index is 5.87. The fourth-order valence-corrected chi connectivity index (χ4v) is 2.83. The van der Waals surface area contributed by atoms with Crippen molar-refractivity contribution in [3.05, 3.63) is 0 Å². The highest BCUT2D eigenvalue weighted by atomic mass is 16.5. The quantitative estimate of drug-likeness (QED) is 0.725. The van der Waals surface area contributed by atoms with Crippen molar-refractivity contribution in [3.63, 3.8) is 0 Å². The summed E-state index contributed by atoms with van der Waals surface area (Å²) in [5.74, 6) is 0. The van der Waals surface area contributed by atoms with E-state index in [9.17, 15) is 0 Å². The van der Waals surface area contributed by atoms with Crippen LogP contribution in [0.4, 0.5) is 0 Å². The highest BCUT2D eigenvalue weighted by Crippen LogP contribution is 2.20. The van der Waals surface area contributed by atoms with Gasteiger partial charge in [0, 0.05) is 13.1 Å². The second kappa shape index (κ2) is 7.34. The maximum Gasteiger partial charge on any atom is 0.0704 e. The molecule has 1 aliphatic heterocycles. The van der Waals surface area contributed by atoms with Crippen LogP contribution in [-0.2, 0) is 9.47 Å². The van der Waals surface area contributed by atoms with Crippen molar-refractivity contribution < 1.29 is 9.47 Å². The van der Waals surface area contributed by atoms with Gasteiger partial charge in [0.2, 0.25) is 0 Å². The van der Waals surface area contributed by atoms with Gasteiger partial charge in [-0.25, -0.2) is 0 Å². The van der Waals surface area contributed by atoms with E-state index in [4.69, 9.17) is 9.47 Å². The SMILES string of the molecule is CC1CCC(CNCCOC2CCCCC2)O1. The summed E-state index contributed by atoms with van der Waals surface area (Å²) in [7, 11) is 0. The first-order chi connectivity index (χ1) is 8.34. The van der Waals surface area contributed by atoms with Gasteiger partial charge in [0.25, 0.3) is 0 Å². The molecular formula is C14H27NO2. The second-order valence-electron chi connectivity index (χ2n) is 5.48. The summed E-state index contributed by atoms with van der Waals surface area (Å²) in [6.07, 6.45) is 10.5. The third kappa shape index (κ3) is 4.94. The minimum absolute atomic E-state index is 0.430. The average Bonchev–Trinajstić information content (AvgIpc) is 2.76. The zero-order valence-electron chi connectivity index (χ0n) is 11.1. The lowest BCUT2D eigenvalue weighted by molar-refractivity contribution is 0.0259. The van der Waals surface area contributed by atoms with Gasteiger partial charge in [0.15, 0.2) is 0 Å². The van der Waals surface area contributed by atoms with E-state index < -0.39 is 0 Å². The van der Waals surface area contributed by atoms with Crippen LogP contribution in [0.15, 0.2) is 0 Å². The van der Waals surface area contributed by atoms with E-state index >= 15 is 0 Å². The Morgan fingerprint density at radius 1 is 1.12 bits per heavy atom. The van der Waals surface area contributed by atoms with Gasteiger partial charge in [0.05, 0.1) is 24.9 Å². The van der Waals surface area contributed by atoms with Gasteiger partial charge in [-0.05, 0) is 32.6 Å². The summed E-state index contributed by atoms with van der Waals surface area (Å²) in [5, 5.41) is 3.44. The molecule has 0 aromatic rings. The Morgan fingerprint density at radius 3 is 2.65 bits per heavy atom. The van der Waals surface area contributed by atoms with Crippen LogP contribution in [0.5, 0.6) is 0 Å². The molecule has 1 aliphatic carbocycles. The van der Waals surface area contributed by atoms with Gasteiger partial charge in [-0.15, -0.1) is 0 Å². The average molecular weight is 241 g/mol. The van der Waals surface area contributed by atoms with Crippen molar-refractivity contribution in [1.82, 2.24) is 5.32 Å². The van der Waals surface area contributed by atoms with Crippen molar-refractivity contribution in [2.45, 2.75) is 70.2 Å². The van der Waals surface area contributed by atoms with E-state index in [1.54, 1.807) is 0 Å². The Morgan fingerprint density at radius 2 is 1.94 bits per heavy atom. The molecule has 0 bridgehead atoms. The molecule has 3 nitrogen and oxygen atoms in total. The molecule has 1 heterocycles. The summed E-state index contributed by atoms with van der Waals surface area (Å²) >= 11 is 0. The van der Waals surface area contributed by atoms with Gasteiger partial charge in [-0.1, -0.05) is 19.3 Å². The van der Waals surface area contributed by atoms with E-state index in [2.05, 4.69) is 12.2 Å². The van der Waals surface area contributed by atoms with Gasteiger partial charge < -0.3 is 14.8 Å². The minimum atomic E-state index is 0.430. The van der Waals surface area contributed by atoms with Gasteiger partial charge in [-0.2, -0.15) is 0 Å². The molecule has 2 aliphatic rings. The van der Waals surface area contributed by atoms with Crippen LogP contribution >= 0.6 is 0 Å². The molecule has 0 spiro atoms. The van der Waals surface area contributed by atoms with Crippen LogP contribution in [0.25, 0.3) is 0 Å². The number of rotatable bonds is 6. The first kappa shape index (κ1) is 13.3. The molecule has 17 heavy (non-hydrogen) atoms. The third-order valence-corrected chi connectivity index (χ3v) is 3.88. The van der Waals surface area contributed by atoms with Crippen molar-refractivity contribution in [2.24, 2.45) is 0 Å². The number of hydrogen-bond donors (Lipinski definition) is 1. The number of hydrogen-bond acceptors (Lipinski definition) is 3. The predicted octanol–water partition coefficient (Wildman–Crippen LogP) is 2.49. The molecule has 0 radical (unpaired) electrons. The Balaban J connectivity index is 1.43. The molecule has 2 atom stereocenters. The second-order valence-corrected chi connectivity index (χ2v) is 5.48. The number of ether oxygens (including phenoxy) is 2. The molecule has 1 N–H and O–H groups in total. The Bertz CT molecular complexity index is 198. The highest BCUT2D eigenvalue weighted by molar-refractivity contribution is 4.72. The molecule has 3 heteroatoms. The lowest BCUT2D eigenvalue weighted by Gasteiger charge is -2.22. The van der Waals surface area contributed by atoms with Crippen LogP contribution in [0, 0.1) is 0 Å². The minimum Gasteiger partial charge on any atom is -0.377 e. The fourth-order valence-electron chi connectivity index (χ4n) is 2.83. The zero-order chi connectivity index (χ0) is 11.9. The van der Waals surface area contributed by atoms with E-state index in [1.165, 1.54) is 44.9 Å². The summed E-state index contributed by atoms with van der Waals surface area (Å²) in [6.45, 7) is 4.96. The molecule has 1 saturated carbocycles. The molecule has 0 aromatic carbocycles. The molecule has 2 fully saturated rings. The summed E-state index contributed by atoms with van der Waals surface area (Å²) < 4.78 is 11.6. The van der Waals surface area contributed by atoms with E-state index in [-0.39, 0.29) is 0 Å². The molecule has 2 unspecified atom stereocenters. The largest absolute Gasteiger partial charge is 0.377 e. The van der Waals surface area contributed by atoms with Crippen LogP contribution < -0.4 is 5.32 Å². The van der Waals surface area contributed by atoms with Gasteiger partial charge >= 0.3 is 0 Å². The van der Waals surface area contributed by atoms with Crippen molar-refractivity contribution in [1.29, 1.82) is 0 Å². The highest BCUT2D eigenvalue weighted by Gasteiger charge is 2.20. The van der Waals surface area contributed by atoms with E-state index in [0.717, 1.165) is 19.7 Å². The molecule has 2 rings (SSSR count). The van der Waals surface area contributed by atoms with Crippen LogP contribution in [0.3, 0.4) is 0 Å². The van der Waals surface area contributed by atoms with E-state index in [1.807, 2.05) is 0 Å². The first-order valence-electron chi connectivity index (χ1n) is 7.32. The molecule has 0 aromatic heterocycles. The Labute approximate surface area is 105 Å². The maximum atomic E-state index is 5.87. The van der Waals surface area contributed by atoms with E-state index in [0.29, 0.717) is 18.3 Å².